The fourth-order valence-corrected chi connectivity index (χ4v) is 5.66. The Hall–Kier alpha value is -3.22. The number of benzene rings is 1. The molecule has 0 radical (unpaired) electrons. The molecule has 0 bridgehead atoms. The van der Waals surface area contributed by atoms with Crippen molar-refractivity contribution in [2.24, 2.45) is 0 Å². The Morgan fingerprint density at radius 2 is 1.72 bits per heavy atom. The molecule has 1 saturated carbocycles. The number of likely N-dealkylation sites (tertiary alicyclic amines) is 1. The van der Waals surface area contributed by atoms with Crippen molar-refractivity contribution >= 4 is 23.3 Å². The molecule has 12 heteroatoms. The molecule has 1 aliphatic carbocycles. The SMILES string of the molecule is Cc1cc(Nc2nc(Nc3cc(C)c([C@H]4CC[C@H](N5C[C@@H](O)[C@H](O)C5)CC4)cc3F)ncc2C(C)(F)F)n[nH]1. The van der Waals surface area contributed by atoms with Crippen LogP contribution in [0.4, 0.5) is 36.4 Å². The third kappa shape index (κ3) is 6.02. The van der Waals surface area contributed by atoms with E-state index in [1.54, 1.807) is 19.1 Å². The van der Waals surface area contributed by atoms with E-state index in [-0.39, 0.29) is 23.4 Å². The maximum absolute atomic E-state index is 15.3. The molecule has 1 saturated heterocycles. The van der Waals surface area contributed by atoms with Gasteiger partial charge in [0.05, 0.1) is 23.5 Å². The van der Waals surface area contributed by atoms with Crippen LogP contribution in [0.1, 0.15) is 60.9 Å². The van der Waals surface area contributed by atoms with E-state index in [4.69, 9.17) is 0 Å². The van der Waals surface area contributed by atoms with Gasteiger partial charge in [-0.25, -0.2) is 18.2 Å². The summed E-state index contributed by atoms with van der Waals surface area (Å²) in [5.41, 5.74) is 2.35. The van der Waals surface area contributed by atoms with Gasteiger partial charge in [0.2, 0.25) is 5.95 Å². The average Bonchev–Trinajstić information content (AvgIpc) is 3.44. The van der Waals surface area contributed by atoms with E-state index in [9.17, 15) is 19.0 Å². The number of aryl methyl sites for hydroxylation is 2. The Morgan fingerprint density at radius 3 is 2.33 bits per heavy atom. The molecule has 5 rings (SSSR count). The summed E-state index contributed by atoms with van der Waals surface area (Å²) in [5.74, 6) is -3.31. The largest absolute Gasteiger partial charge is 0.389 e. The molecular formula is C27H34F3N7O2. The number of aromatic amines is 1. The predicted molar refractivity (Wildman–Crippen MR) is 141 cm³/mol. The summed E-state index contributed by atoms with van der Waals surface area (Å²) in [5, 5.41) is 32.1. The number of β-amino-alcohol motifs (C(OH)–C–C–N with tert-alkyl or cyclic N) is 2. The van der Waals surface area contributed by atoms with E-state index in [1.807, 2.05) is 6.92 Å². The lowest BCUT2D eigenvalue weighted by Gasteiger charge is -2.35. The van der Waals surface area contributed by atoms with Crippen LogP contribution in [0.15, 0.2) is 24.4 Å². The third-order valence-corrected chi connectivity index (χ3v) is 7.76. The Morgan fingerprint density at radius 1 is 1.03 bits per heavy atom. The number of hydrogen-bond donors (Lipinski definition) is 5. The number of nitrogens with zero attached hydrogens (tertiary/aromatic N) is 4. The number of aromatic nitrogens is 4. The minimum Gasteiger partial charge on any atom is -0.389 e. The molecule has 2 aromatic heterocycles. The number of H-pyrrole nitrogens is 1. The average molecular weight is 546 g/mol. The summed E-state index contributed by atoms with van der Waals surface area (Å²) in [6.45, 7) is 5.44. The van der Waals surface area contributed by atoms with Crippen LogP contribution in [0.5, 0.6) is 0 Å². The Balaban J connectivity index is 1.30. The van der Waals surface area contributed by atoms with Crippen molar-refractivity contribution in [1.82, 2.24) is 25.1 Å². The van der Waals surface area contributed by atoms with Gasteiger partial charge >= 0.3 is 0 Å². The van der Waals surface area contributed by atoms with Gasteiger partial charge in [-0.3, -0.25) is 10.00 Å². The Labute approximate surface area is 224 Å². The van der Waals surface area contributed by atoms with Crippen molar-refractivity contribution in [1.29, 1.82) is 0 Å². The molecule has 39 heavy (non-hydrogen) atoms. The van der Waals surface area contributed by atoms with Crippen molar-refractivity contribution in [2.45, 2.75) is 76.5 Å². The first-order valence-electron chi connectivity index (χ1n) is 13.2. The molecule has 0 spiro atoms. The molecule has 9 nitrogen and oxygen atoms in total. The Bertz CT molecular complexity index is 1310. The molecule has 3 heterocycles. The molecule has 3 aromatic rings. The van der Waals surface area contributed by atoms with Crippen LogP contribution in [0, 0.1) is 19.7 Å². The summed E-state index contributed by atoms with van der Waals surface area (Å²) in [6.07, 6.45) is 3.23. The van der Waals surface area contributed by atoms with Gasteiger partial charge in [-0.15, -0.1) is 0 Å². The lowest BCUT2D eigenvalue weighted by molar-refractivity contribution is 0.0176. The number of aliphatic hydroxyl groups excluding tert-OH is 2. The molecular weight excluding hydrogens is 511 g/mol. The first kappa shape index (κ1) is 27.4. The highest BCUT2D eigenvalue weighted by molar-refractivity contribution is 5.62. The zero-order valence-electron chi connectivity index (χ0n) is 22.2. The maximum Gasteiger partial charge on any atom is 0.275 e. The highest BCUT2D eigenvalue weighted by atomic mass is 19.3. The third-order valence-electron chi connectivity index (χ3n) is 7.76. The summed E-state index contributed by atoms with van der Waals surface area (Å²) in [6, 6.07) is 5.19. The molecule has 1 aromatic carbocycles. The summed E-state index contributed by atoms with van der Waals surface area (Å²) in [7, 11) is 0. The molecule has 5 N–H and O–H groups in total. The van der Waals surface area contributed by atoms with Gasteiger partial charge in [-0.05, 0) is 68.7 Å². The van der Waals surface area contributed by atoms with Crippen molar-refractivity contribution in [3.63, 3.8) is 0 Å². The van der Waals surface area contributed by atoms with Crippen molar-refractivity contribution in [2.75, 3.05) is 23.7 Å². The quantitative estimate of drug-likeness (QED) is 0.292. The van der Waals surface area contributed by atoms with E-state index in [1.165, 1.54) is 6.07 Å². The highest BCUT2D eigenvalue weighted by Crippen LogP contribution is 2.39. The number of nitrogens with one attached hydrogen (secondary N) is 3. The van der Waals surface area contributed by atoms with Crippen LogP contribution in [0.25, 0.3) is 0 Å². The van der Waals surface area contributed by atoms with Crippen molar-refractivity contribution < 1.29 is 23.4 Å². The van der Waals surface area contributed by atoms with Gasteiger partial charge < -0.3 is 20.8 Å². The van der Waals surface area contributed by atoms with Crippen molar-refractivity contribution in [3.05, 3.63) is 52.6 Å². The predicted octanol–water partition coefficient (Wildman–Crippen LogP) is 4.62. The lowest BCUT2D eigenvalue weighted by Crippen LogP contribution is -2.37. The summed E-state index contributed by atoms with van der Waals surface area (Å²) in [4.78, 5) is 10.4. The molecule has 0 unspecified atom stereocenters. The smallest absolute Gasteiger partial charge is 0.275 e. The van der Waals surface area contributed by atoms with Crippen molar-refractivity contribution in [3.8, 4) is 0 Å². The first-order valence-corrected chi connectivity index (χ1v) is 13.2. The second kappa shape index (κ2) is 10.7. The monoisotopic (exact) mass is 545 g/mol. The normalized spacial score (nSPS) is 24.2. The van der Waals surface area contributed by atoms with E-state index in [0.717, 1.165) is 55.6 Å². The fourth-order valence-electron chi connectivity index (χ4n) is 5.66. The minimum absolute atomic E-state index is 0.0284. The Kier molecular flexibility index (Phi) is 7.53. The van der Waals surface area contributed by atoms with Gasteiger partial charge in [0.25, 0.3) is 5.92 Å². The molecule has 1 aliphatic heterocycles. The second-order valence-corrected chi connectivity index (χ2v) is 10.8. The van der Waals surface area contributed by atoms with E-state index >= 15 is 4.39 Å². The second-order valence-electron chi connectivity index (χ2n) is 10.8. The molecule has 2 fully saturated rings. The van der Waals surface area contributed by atoms with Crippen LogP contribution in [-0.2, 0) is 5.92 Å². The molecule has 210 valence electrons. The fraction of sp³-hybridized carbons (Fsp3) is 0.519. The highest BCUT2D eigenvalue weighted by Gasteiger charge is 2.36. The number of hydrogen-bond acceptors (Lipinski definition) is 8. The first-order chi connectivity index (χ1) is 18.5. The van der Waals surface area contributed by atoms with Gasteiger partial charge in [0.1, 0.15) is 11.6 Å². The van der Waals surface area contributed by atoms with Crippen LogP contribution >= 0.6 is 0 Å². The topological polar surface area (TPSA) is 122 Å². The van der Waals surface area contributed by atoms with E-state index in [0.29, 0.717) is 24.9 Å². The van der Waals surface area contributed by atoms with Gasteiger partial charge in [-0.1, -0.05) is 0 Å². The van der Waals surface area contributed by atoms with Crippen LogP contribution < -0.4 is 10.6 Å². The molecule has 2 aliphatic rings. The lowest BCUT2D eigenvalue weighted by atomic mass is 9.79. The minimum atomic E-state index is -3.21. The standard InChI is InChI=1S/C27H34F3N7O2/c1-14-8-21(20(28)10-18(14)16-4-6-17(7-5-16)37-12-22(38)23(39)13-37)32-26-31-11-19(27(3,29)30)25(34-26)33-24-9-15(2)35-36-24/h8-11,16-17,22-23,38-39H,4-7,12-13H2,1-3H3,(H3,31,32,33,34,35,36)/t16-,17-,22-,23-/m1/s1. The number of aliphatic hydroxyl groups is 2. The van der Waals surface area contributed by atoms with E-state index < -0.39 is 29.5 Å². The van der Waals surface area contributed by atoms with Crippen LogP contribution in [-0.4, -0.2) is 66.6 Å². The van der Waals surface area contributed by atoms with Gasteiger partial charge in [-0.2, -0.15) is 10.1 Å². The number of rotatable bonds is 7. The van der Waals surface area contributed by atoms with Crippen LogP contribution in [0.3, 0.4) is 0 Å². The number of alkyl halides is 2. The number of anilines is 4. The summed E-state index contributed by atoms with van der Waals surface area (Å²) < 4.78 is 43.7. The summed E-state index contributed by atoms with van der Waals surface area (Å²) >= 11 is 0. The van der Waals surface area contributed by atoms with Gasteiger partial charge in [0, 0.05) is 44.0 Å². The van der Waals surface area contributed by atoms with E-state index in [2.05, 4.69) is 35.7 Å². The molecule has 2 atom stereocenters. The van der Waals surface area contributed by atoms with Gasteiger partial charge in [0.15, 0.2) is 5.82 Å². The maximum atomic E-state index is 15.3. The zero-order valence-corrected chi connectivity index (χ0v) is 22.2. The molecule has 0 amide bonds. The van der Waals surface area contributed by atoms with Crippen LogP contribution in [0.2, 0.25) is 0 Å². The zero-order chi connectivity index (χ0) is 27.9. The number of halogens is 3.